The number of carbonyl (C=O) groups is 1. The minimum atomic E-state index is -1.81. The Morgan fingerprint density at radius 1 is 1.53 bits per heavy atom. The molecule has 1 aliphatic carbocycles. The normalized spacial score (nSPS) is 17.1. The van der Waals surface area contributed by atoms with Crippen LogP contribution >= 0.6 is 0 Å². The summed E-state index contributed by atoms with van der Waals surface area (Å²) < 4.78 is 0. The van der Waals surface area contributed by atoms with Gasteiger partial charge in [-0.15, -0.1) is 0 Å². The van der Waals surface area contributed by atoms with Gasteiger partial charge in [-0.2, -0.15) is 0 Å². The van der Waals surface area contributed by atoms with Gasteiger partial charge >= 0.3 is 13.2 Å². The summed E-state index contributed by atoms with van der Waals surface area (Å²) in [6, 6.07) is -0.973. The van der Waals surface area contributed by atoms with Gasteiger partial charge in [0.15, 0.2) is 0 Å². The van der Waals surface area contributed by atoms with Crippen molar-refractivity contribution in [2.24, 2.45) is 0 Å². The number of hydrogen-bond acceptors (Lipinski definition) is 4. The zero-order chi connectivity index (χ0) is 11.3. The molecule has 0 bridgehead atoms. The van der Waals surface area contributed by atoms with Crippen LogP contribution in [-0.4, -0.2) is 34.4 Å². The number of hydrogen-bond donors (Lipinski definition) is 4. The number of carboxylic acids is 1. The second-order valence-corrected chi connectivity index (χ2v) is 3.39. The highest BCUT2D eigenvalue weighted by atomic mass is 16.4. The van der Waals surface area contributed by atoms with E-state index in [0.717, 1.165) is 18.4 Å². The summed E-state index contributed by atoms with van der Waals surface area (Å²) in [4.78, 5) is 10.8. The van der Waals surface area contributed by atoms with Gasteiger partial charge in [0.05, 0.1) is 0 Å². The standard InChI is InChI=1S/C9H14BNO4/c12-9(13)8(11-10(14)15)6-7-4-2-1-3-5-7/h2,4-5,8,11,14-15H,1,3,6H2,(H,12,13)/t8-/m0/s1. The molecule has 1 aliphatic rings. The molecule has 0 aromatic rings. The van der Waals surface area contributed by atoms with Crippen molar-refractivity contribution < 1.29 is 19.9 Å². The third kappa shape index (κ3) is 4.29. The summed E-state index contributed by atoms with van der Waals surface area (Å²) in [5.41, 5.74) is 0.904. The molecule has 0 saturated carbocycles. The van der Waals surface area contributed by atoms with Gasteiger partial charge in [-0.3, -0.25) is 10.0 Å². The molecule has 0 radical (unpaired) electrons. The van der Waals surface area contributed by atoms with E-state index in [9.17, 15) is 4.79 Å². The number of nitrogens with one attached hydrogen (secondary N) is 1. The molecule has 4 N–H and O–H groups in total. The average molecular weight is 211 g/mol. The Morgan fingerprint density at radius 3 is 2.73 bits per heavy atom. The zero-order valence-electron chi connectivity index (χ0n) is 8.26. The fourth-order valence-electron chi connectivity index (χ4n) is 1.45. The summed E-state index contributed by atoms with van der Waals surface area (Å²) in [6.07, 6.45) is 7.93. The first-order valence-electron chi connectivity index (χ1n) is 4.80. The highest BCUT2D eigenvalue weighted by Gasteiger charge is 2.23. The van der Waals surface area contributed by atoms with Crippen LogP contribution in [0.4, 0.5) is 0 Å². The summed E-state index contributed by atoms with van der Waals surface area (Å²) in [7, 11) is -1.81. The smallest absolute Gasteiger partial charge is 0.480 e. The molecule has 0 unspecified atom stereocenters. The zero-order valence-corrected chi connectivity index (χ0v) is 8.26. The van der Waals surface area contributed by atoms with Crippen LogP contribution in [0.1, 0.15) is 19.3 Å². The van der Waals surface area contributed by atoms with Crippen LogP contribution in [0.15, 0.2) is 23.8 Å². The molecule has 0 aromatic carbocycles. The third-order valence-corrected chi connectivity index (χ3v) is 2.16. The molecule has 6 heteroatoms. The van der Waals surface area contributed by atoms with Gasteiger partial charge in [0.1, 0.15) is 6.04 Å². The lowest BCUT2D eigenvalue weighted by Gasteiger charge is -2.15. The van der Waals surface area contributed by atoms with Gasteiger partial charge in [0.25, 0.3) is 0 Å². The molecule has 0 aliphatic heterocycles. The molecule has 0 aromatic heterocycles. The van der Waals surface area contributed by atoms with E-state index in [1.807, 2.05) is 18.2 Å². The van der Waals surface area contributed by atoms with E-state index in [1.54, 1.807) is 0 Å². The number of carboxylic acid groups (broad SMARTS) is 1. The molecule has 0 saturated heterocycles. The molecule has 1 atom stereocenters. The highest BCUT2D eigenvalue weighted by Crippen LogP contribution is 2.15. The van der Waals surface area contributed by atoms with E-state index >= 15 is 0 Å². The van der Waals surface area contributed by atoms with Gasteiger partial charge in [-0.1, -0.05) is 23.8 Å². The lowest BCUT2D eigenvalue weighted by Crippen LogP contribution is -2.46. The lowest BCUT2D eigenvalue weighted by atomic mass is 9.97. The molecule has 5 nitrogen and oxygen atoms in total. The van der Waals surface area contributed by atoms with E-state index in [0.29, 0.717) is 0 Å². The first-order chi connectivity index (χ1) is 7.09. The Balaban J connectivity index is 2.54. The molecule has 0 spiro atoms. The quantitative estimate of drug-likeness (QED) is 0.467. The van der Waals surface area contributed by atoms with Crippen LogP contribution in [0.25, 0.3) is 0 Å². The van der Waals surface area contributed by atoms with Gasteiger partial charge in [-0.25, -0.2) is 0 Å². The second-order valence-electron chi connectivity index (χ2n) is 3.39. The summed E-state index contributed by atoms with van der Waals surface area (Å²) in [5.74, 6) is -1.09. The van der Waals surface area contributed by atoms with E-state index in [1.165, 1.54) is 0 Å². The van der Waals surface area contributed by atoms with Crippen LogP contribution < -0.4 is 5.23 Å². The molecule has 0 fully saturated rings. The lowest BCUT2D eigenvalue weighted by molar-refractivity contribution is -0.139. The summed E-state index contributed by atoms with van der Waals surface area (Å²) >= 11 is 0. The Hall–Kier alpha value is -1.11. The SMILES string of the molecule is O=C(O)[C@H](CC1=CCCC=C1)NB(O)O. The fourth-order valence-corrected chi connectivity index (χ4v) is 1.45. The topological polar surface area (TPSA) is 89.8 Å². The maximum absolute atomic E-state index is 10.8. The van der Waals surface area contributed by atoms with Crippen LogP contribution in [-0.2, 0) is 4.79 Å². The van der Waals surface area contributed by atoms with Crippen LogP contribution in [0.5, 0.6) is 0 Å². The minimum absolute atomic E-state index is 0.253. The Kier molecular flexibility index (Phi) is 4.55. The molecule has 82 valence electrons. The van der Waals surface area contributed by atoms with Crippen molar-refractivity contribution in [3.8, 4) is 0 Å². The van der Waals surface area contributed by atoms with Crippen molar-refractivity contribution in [1.29, 1.82) is 0 Å². The number of allylic oxidation sites excluding steroid dienone is 3. The van der Waals surface area contributed by atoms with E-state index in [2.05, 4.69) is 5.23 Å². The predicted octanol–water partition coefficient (Wildman–Crippen LogP) is -0.335. The van der Waals surface area contributed by atoms with Crippen molar-refractivity contribution in [2.45, 2.75) is 25.3 Å². The van der Waals surface area contributed by atoms with E-state index in [4.69, 9.17) is 15.2 Å². The van der Waals surface area contributed by atoms with Crippen molar-refractivity contribution in [3.63, 3.8) is 0 Å². The molecular formula is C9H14BNO4. The first kappa shape index (κ1) is 12.0. The van der Waals surface area contributed by atoms with Gasteiger partial charge in [-0.05, 0) is 19.3 Å². The Labute approximate surface area is 88.3 Å². The molecule has 1 rings (SSSR count). The molecule has 15 heavy (non-hydrogen) atoms. The third-order valence-electron chi connectivity index (χ3n) is 2.16. The largest absolute Gasteiger partial charge is 0.549 e. The van der Waals surface area contributed by atoms with Crippen LogP contribution in [0.2, 0.25) is 0 Å². The van der Waals surface area contributed by atoms with Gasteiger partial charge in [0.2, 0.25) is 0 Å². The fraction of sp³-hybridized carbons (Fsp3) is 0.444. The monoisotopic (exact) mass is 211 g/mol. The summed E-state index contributed by atoms with van der Waals surface area (Å²) in [6.45, 7) is 0. The number of aliphatic carboxylic acids is 1. The van der Waals surface area contributed by atoms with Crippen molar-refractivity contribution in [3.05, 3.63) is 23.8 Å². The van der Waals surface area contributed by atoms with Crippen molar-refractivity contribution in [1.82, 2.24) is 5.23 Å². The maximum Gasteiger partial charge on any atom is 0.549 e. The van der Waals surface area contributed by atoms with E-state index < -0.39 is 19.3 Å². The number of rotatable bonds is 5. The van der Waals surface area contributed by atoms with Crippen molar-refractivity contribution >= 4 is 13.2 Å². The first-order valence-corrected chi connectivity index (χ1v) is 4.80. The summed E-state index contributed by atoms with van der Waals surface area (Å²) in [5, 5.41) is 28.3. The Bertz CT molecular complexity index is 288. The van der Waals surface area contributed by atoms with Crippen LogP contribution in [0.3, 0.4) is 0 Å². The molecule has 0 heterocycles. The average Bonchev–Trinajstić information content (AvgIpc) is 2.17. The minimum Gasteiger partial charge on any atom is -0.480 e. The van der Waals surface area contributed by atoms with Gasteiger partial charge in [0, 0.05) is 0 Å². The molecule has 0 amide bonds. The van der Waals surface area contributed by atoms with E-state index in [-0.39, 0.29) is 6.42 Å². The van der Waals surface area contributed by atoms with Gasteiger partial charge < -0.3 is 15.2 Å². The van der Waals surface area contributed by atoms with Crippen LogP contribution in [0, 0.1) is 0 Å². The molecular weight excluding hydrogens is 197 g/mol. The predicted molar refractivity (Wildman–Crippen MR) is 55.8 cm³/mol. The Morgan fingerprint density at radius 2 is 2.27 bits per heavy atom. The highest BCUT2D eigenvalue weighted by molar-refractivity contribution is 6.38. The second kappa shape index (κ2) is 5.70. The van der Waals surface area contributed by atoms with Crippen molar-refractivity contribution in [2.75, 3.05) is 0 Å². The maximum atomic E-state index is 10.8.